The molecule has 1 unspecified atom stereocenters. The molecule has 0 radical (unpaired) electrons. The van der Waals surface area contributed by atoms with Gasteiger partial charge in [0.15, 0.2) is 6.04 Å². The normalized spacial score (nSPS) is 18.9. The number of rotatable bonds is 5. The van der Waals surface area contributed by atoms with E-state index >= 15 is 0 Å². The molecule has 2 aliphatic heterocycles. The van der Waals surface area contributed by atoms with E-state index < -0.39 is 6.04 Å². The lowest BCUT2D eigenvalue weighted by Gasteiger charge is -2.35. The third-order valence-electron chi connectivity index (χ3n) is 6.55. The lowest BCUT2D eigenvalue weighted by Crippen LogP contribution is -2.46. The quantitative estimate of drug-likeness (QED) is 0.683. The summed E-state index contributed by atoms with van der Waals surface area (Å²) >= 11 is 5.95. The predicted octanol–water partition coefficient (Wildman–Crippen LogP) is 3.59. The Hall–Kier alpha value is -2.48. The number of likely N-dealkylation sites (tertiary alicyclic amines) is 2. The summed E-state index contributed by atoms with van der Waals surface area (Å²) < 4.78 is 0. The molecule has 2 amide bonds. The van der Waals surface area contributed by atoms with Crippen molar-refractivity contribution in [3.63, 3.8) is 0 Å². The van der Waals surface area contributed by atoms with Crippen molar-refractivity contribution in [3.05, 3.63) is 29.3 Å². The Kier molecular flexibility index (Phi) is 7.40. The van der Waals surface area contributed by atoms with Crippen LogP contribution in [0.2, 0.25) is 5.02 Å². The fourth-order valence-electron chi connectivity index (χ4n) is 4.62. The second-order valence-corrected chi connectivity index (χ2v) is 9.14. The molecule has 2 saturated heterocycles. The third-order valence-corrected chi connectivity index (χ3v) is 6.81. The Balaban J connectivity index is 1.36. The average molecular weight is 459 g/mol. The summed E-state index contributed by atoms with van der Waals surface area (Å²) in [6.07, 6.45) is 6.64. The SMILES string of the molecule is CCC(C(=O)N1CCC(C(=O)N2CCCCCC2)CC1)n1nnc(-c2ccc(Cl)cc2)n1. The van der Waals surface area contributed by atoms with E-state index in [1.165, 1.54) is 17.6 Å². The van der Waals surface area contributed by atoms with Gasteiger partial charge in [0.2, 0.25) is 17.6 Å². The van der Waals surface area contributed by atoms with E-state index in [0.717, 1.165) is 44.3 Å². The maximum Gasteiger partial charge on any atom is 0.249 e. The molecule has 4 rings (SSSR count). The standard InChI is InChI=1S/C23H31ClN6O2/c1-2-20(30-26-21(25-27-30)17-7-9-19(24)10-8-17)23(32)29-15-11-18(12-16-29)22(31)28-13-5-3-4-6-14-28/h7-10,18,20H,2-6,11-16H2,1H3. The summed E-state index contributed by atoms with van der Waals surface area (Å²) in [6.45, 7) is 4.90. The van der Waals surface area contributed by atoms with Crippen LogP contribution in [0.3, 0.4) is 0 Å². The van der Waals surface area contributed by atoms with Gasteiger partial charge in [-0.25, -0.2) is 0 Å². The van der Waals surface area contributed by atoms with E-state index in [2.05, 4.69) is 15.4 Å². The second kappa shape index (κ2) is 10.4. The molecule has 2 aliphatic rings. The first-order chi connectivity index (χ1) is 15.6. The Morgan fingerprint density at radius 1 is 1.00 bits per heavy atom. The first-order valence-electron chi connectivity index (χ1n) is 11.7. The fraction of sp³-hybridized carbons (Fsp3) is 0.609. The minimum Gasteiger partial charge on any atom is -0.342 e. The second-order valence-electron chi connectivity index (χ2n) is 8.70. The Labute approximate surface area is 193 Å². The number of piperidine rings is 1. The molecule has 2 aromatic rings. The number of tetrazole rings is 1. The fourth-order valence-corrected chi connectivity index (χ4v) is 4.74. The summed E-state index contributed by atoms with van der Waals surface area (Å²) in [5, 5.41) is 13.4. The van der Waals surface area contributed by atoms with Crippen LogP contribution in [0.4, 0.5) is 0 Å². The minimum atomic E-state index is -0.499. The molecule has 8 nitrogen and oxygen atoms in total. The van der Waals surface area contributed by atoms with Gasteiger partial charge in [-0.2, -0.15) is 4.80 Å². The predicted molar refractivity (Wildman–Crippen MR) is 122 cm³/mol. The van der Waals surface area contributed by atoms with Crippen molar-refractivity contribution in [2.24, 2.45) is 5.92 Å². The van der Waals surface area contributed by atoms with Crippen molar-refractivity contribution in [2.75, 3.05) is 26.2 Å². The summed E-state index contributed by atoms with van der Waals surface area (Å²) in [5.74, 6) is 0.762. The molecule has 2 fully saturated rings. The van der Waals surface area contributed by atoms with E-state index in [-0.39, 0.29) is 17.7 Å². The lowest BCUT2D eigenvalue weighted by molar-refractivity contribution is -0.142. The van der Waals surface area contributed by atoms with E-state index in [0.29, 0.717) is 30.4 Å². The molecule has 1 atom stereocenters. The molecule has 1 aromatic carbocycles. The molecule has 0 aliphatic carbocycles. The van der Waals surface area contributed by atoms with Crippen LogP contribution in [0.1, 0.15) is 57.9 Å². The van der Waals surface area contributed by atoms with Crippen LogP contribution in [-0.4, -0.2) is 68.0 Å². The van der Waals surface area contributed by atoms with Crippen molar-refractivity contribution < 1.29 is 9.59 Å². The van der Waals surface area contributed by atoms with Gasteiger partial charge in [0.1, 0.15) is 0 Å². The maximum atomic E-state index is 13.2. The largest absolute Gasteiger partial charge is 0.342 e. The van der Waals surface area contributed by atoms with Crippen LogP contribution in [0.5, 0.6) is 0 Å². The van der Waals surface area contributed by atoms with Gasteiger partial charge in [-0.05, 0) is 61.6 Å². The van der Waals surface area contributed by atoms with E-state index in [1.54, 1.807) is 12.1 Å². The molecule has 1 aromatic heterocycles. The van der Waals surface area contributed by atoms with Gasteiger partial charge in [0.25, 0.3) is 0 Å². The van der Waals surface area contributed by atoms with Crippen molar-refractivity contribution in [2.45, 2.75) is 57.9 Å². The minimum absolute atomic E-state index is 0.00627. The van der Waals surface area contributed by atoms with Crippen molar-refractivity contribution in [1.29, 1.82) is 0 Å². The topological polar surface area (TPSA) is 84.2 Å². The number of halogens is 1. The summed E-state index contributed by atoms with van der Waals surface area (Å²) in [6, 6.07) is 6.71. The van der Waals surface area contributed by atoms with Gasteiger partial charge >= 0.3 is 0 Å². The van der Waals surface area contributed by atoms with Crippen LogP contribution >= 0.6 is 11.6 Å². The number of aromatic nitrogens is 4. The highest BCUT2D eigenvalue weighted by Gasteiger charge is 2.33. The van der Waals surface area contributed by atoms with E-state index in [1.807, 2.05) is 28.9 Å². The van der Waals surface area contributed by atoms with Crippen molar-refractivity contribution >= 4 is 23.4 Å². The van der Waals surface area contributed by atoms with Gasteiger partial charge in [0, 0.05) is 42.7 Å². The average Bonchev–Trinajstić information content (AvgIpc) is 3.13. The molecule has 172 valence electrons. The van der Waals surface area contributed by atoms with Crippen molar-refractivity contribution in [3.8, 4) is 11.4 Å². The van der Waals surface area contributed by atoms with E-state index in [4.69, 9.17) is 11.6 Å². The van der Waals surface area contributed by atoms with Crippen LogP contribution in [-0.2, 0) is 9.59 Å². The van der Waals surface area contributed by atoms with Crippen LogP contribution in [0.15, 0.2) is 24.3 Å². The molecule has 0 N–H and O–H groups in total. The molecular weight excluding hydrogens is 428 g/mol. The van der Waals surface area contributed by atoms with Crippen LogP contribution in [0, 0.1) is 5.92 Å². The zero-order valence-corrected chi connectivity index (χ0v) is 19.4. The summed E-state index contributed by atoms with van der Waals surface area (Å²) in [5.41, 5.74) is 0.802. The summed E-state index contributed by atoms with van der Waals surface area (Å²) in [7, 11) is 0. The van der Waals surface area contributed by atoms with E-state index in [9.17, 15) is 9.59 Å². The van der Waals surface area contributed by atoms with Gasteiger partial charge in [-0.15, -0.1) is 10.2 Å². The van der Waals surface area contributed by atoms with Gasteiger partial charge in [-0.3, -0.25) is 9.59 Å². The smallest absolute Gasteiger partial charge is 0.249 e. The maximum absolute atomic E-state index is 13.2. The Bertz CT molecular complexity index is 915. The van der Waals surface area contributed by atoms with Gasteiger partial charge in [0.05, 0.1) is 0 Å². The first kappa shape index (κ1) is 22.7. The summed E-state index contributed by atoms with van der Waals surface area (Å²) in [4.78, 5) is 31.5. The zero-order chi connectivity index (χ0) is 22.5. The first-order valence-corrected chi connectivity index (χ1v) is 12.1. The highest BCUT2D eigenvalue weighted by atomic mass is 35.5. The number of carbonyl (C=O) groups is 2. The molecule has 32 heavy (non-hydrogen) atoms. The highest BCUT2D eigenvalue weighted by Crippen LogP contribution is 2.25. The zero-order valence-electron chi connectivity index (χ0n) is 18.6. The molecule has 9 heteroatoms. The number of carbonyl (C=O) groups excluding carboxylic acids is 2. The van der Waals surface area contributed by atoms with Crippen molar-refractivity contribution in [1.82, 2.24) is 30.0 Å². The van der Waals surface area contributed by atoms with Crippen LogP contribution < -0.4 is 0 Å². The number of nitrogens with zero attached hydrogens (tertiary/aromatic N) is 6. The number of hydrogen-bond acceptors (Lipinski definition) is 5. The number of hydrogen-bond donors (Lipinski definition) is 0. The molecule has 0 bridgehead atoms. The van der Waals surface area contributed by atoms with Gasteiger partial charge in [-0.1, -0.05) is 31.4 Å². The third kappa shape index (κ3) is 5.11. The molecule has 0 saturated carbocycles. The lowest BCUT2D eigenvalue weighted by atomic mass is 9.94. The number of amides is 2. The Morgan fingerprint density at radius 3 is 2.28 bits per heavy atom. The molecule has 0 spiro atoms. The Morgan fingerprint density at radius 2 is 1.66 bits per heavy atom. The molecular formula is C23H31ClN6O2. The van der Waals surface area contributed by atoms with Gasteiger partial charge < -0.3 is 9.80 Å². The van der Waals surface area contributed by atoms with Crippen LogP contribution in [0.25, 0.3) is 11.4 Å². The monoisotopic (exact) mass is 458 g/mol. The highest BCUT2D eigenvalue weighted by molar-refractivity contribution is 6.30. The number of benzene rings is 1. The molecule has 3 heterocycles.